The van der Waals surface area contributed by atoms with E-state index in [1.54, 1.807) is 10.9 Å². The molecule has 0 bridgehead atoms. The lowest BCUT2D eigenvalue weighted by molar-refractivity contribution is 0.872. The average molecular weight is 365 g/mol. The maximum absolute atomic E-state index is 5.96. The molecule has 122 valence electrons. The second-order valence-electron chi connectivity index (χ2n) is 5.48. The van der Waals surface area contributed by atoms with Gasteiger partial charge < -0.3 is 0 Å². The quantitative estimate of drug-likeness (QED) is 0.396. The highest BCUT2D eigenvalue weighted by atomic mass is 35.5. The Hall–Kier alpha value is -2.76. The van der Waals surface area contributed by atoms with Crippen molar-refractivity contribution in [2.24, 2.45) is 5.10 Å². The van der Waals surface area contributed by atoms with E-state index in [1.165, 1.54) is 5.39 Å². The zero-order valence-corrected chi connectivity index (χ0v) is 14.6. The molecule has 4 rings (SSSR count). The van der Waals surface area contributed by atoms with Crippen LogP contribution in [0.3, 0.4) is 0 Å². The van der Waals surface area contributed by atoms with Crippen molar-refractivity contribution in [1.82, 2.24) is 14.9 Å². The molecule has 25 heavy (non-hydrogen) atoms. The molecule has 1 aromatic heterocycles. The second-order valence-corrected chi connectivity index (χ2v) is 6.31. The number of hydrogen-bond donors (Lipinski definition) is 1. The van der Waals surface area contributed by atoms with Crippen LogP contribution < -0.4 is 0 Å². The van der Waals surface area contributed by atoms with Crippen molar-refractivity contribution in [3.8, 4) is 11.4 Å². The predicted octanol–water partition coefficient (Wildman–Crippen LogP) is 5.30. The molecule has 0 unspecified atom stereocenters. The maximum Gasteiger partial charge on any atom is 0.216 e. The lowest BCUT2D eigenvalue weighted by Crippen LogP contribution is -1.95. The van der Waals surface area contributed by atoms with Crippen LogP contribution >= 0.6 is 23.8 Å². The van der Waals surface area contributed by atoms with E-state index in [1.807, 2.05) is 48.5 Å². The number of aromatic amines is 1. The number of benzene rings is 3. The summed E-state index contributed by atoms with van der Waals surface area (Å²) in [5.74, 6) is 0.637. The number of rotatable bonds is 3. The lowest BCUT2D eigenvalue weighted by Gasteiger charge is -2.03. The molecular formula is C19H13ClN4S. The van der Waals surface area contributed by atoms with Crippen LogP contribution in [0.2, 0.25) is 5.02 Å². The van der Waals surface area contributed by atoms with Gasteiger partial charge in [0.2, 0.25) is 4.77 Å². The van der Waals surface area contributed by atoms with Crippen molar-refractivity contribution >= 4 is 40.8 Å². The molecule has 0 saturated heterocycles. The minimum Gasteiger partial charge on any atom is -0.250 e. The van der Waals surface area contributed by atoms with E-state index in [0.29, 0.717) is 15.6 Å². The third-order valence-corrected chi connectivity index (χ3v) is 4.40. The maximum atomic E-state index is 5.96. The smallest absolute Gasteiger partial charge is 0.216 e. The van der Waals surface area contributed by atoms with Crippen molar-refractivity contribution < 1.29 is 0 Å². The van der Waals surface area contributed by atoms with Gasteiger partial charge in [0.25, 0.3) is 0 Å². The summed E-state index contributed by atoms with van der Waals surface area (Å²) in [6, 6.07) is 21.7. The Bertz CT molecular complexity index is 1120. The number of aromatic nitrogens is 3. The van der Waals surface area contributed by atoms with Gasteiger partial charge in [0, 0.05) is 16.1 Å². The van der Waals surface area contributed by atoms with Gasteiger partial charge in [0.05, 0.1) is 6.21 Å². The van der Waals surface area contributed by atoms with Crippen LogP contribution in [0.25, 0.3) is 22.2 Å². The van der Waals surface area contributed by atoms with Crippen molar-refractivity contribution in [3.05, 3.63) is 82.1 Å². The molecule has 0 aliphatic rings. The molecule has 4 aromatic rings. The van der Waals surface area contributed by atoms with E-state index in [4.69, 9.17) is 23.8 Å². The molecule has 0 spiro atoms. The van der Waals surface area contributed by atoms with E-state index in [2.05, 4.69) is 33.5 Å². The molecule has 0 atom stereocenters. The Balaban J connectivity index is 1.78. The molecule has 4 nitrogen and oxygen atoms in total. The summed E-state index contributed by atoms with van der Waals surface area (Å²) in [5.41, 5.74) is 1.90. The average Bonchev–Trinajstić information content (AvgIpc) is 3.01. The fourth-order valence-corrected chi connectivity index (χ4v) is 2.97. The number of hydrogen-bond acceptors (Lipinski definition) is 3. The molecule has 1 heterocycles. The van der Waals surface area contributed by atoms with Gasteiger partial charge in [-0.3, -0.25) is 0 Å². The molecule has 0 saturated carbocycles. The van der Waals surface area contributed by atoms with Gasteiger partial charge in [-0.1, -0.05) is 54.1 Å². The summed E-state index contributed by atoms with van der Waals surface area (Å²) in [4.78, 5) is 0. The van der Waals surface area contributed by atoms with Gasteiger partial charge in [0.15, 0.2) is 5.82 Å². The van der Waals surface area contributed by atoms with Gasteiger partial charge in [-0.15, -0.1) is 0 Å². The third-order valence-electron chi connectivity index (χ3n) is 3.89. The standard InChI is InChI=1S/C19H13ClN4S/c20-16-10-8-14(9-11-16)18-22-23-19(25)24(18)21-12-15-6-3-5-13-4-1-2-7-17(13)15/h1-12H,(H,23,25)/b21-12-. The van der Waals surface area contributed by atoms with Gasteiger partial charge in [-0.25, -0.2) is 5.10 Å². The largest absolute Gasteiger partial charge is 0.250 e. The molecule has 1 N–H and O–H groups in total. The first kappa shape index (κ1) is 15.7. The third kappa shape index (κ3) is 3.12. The fraction of sp³-hybridized carbons (Fsp3) is 0. The van der Waals surface area contributed by atoms with Crippen LogP contribution in [-0.4, -0.2) is 21.1 Å². The van der Waals surface area contributed by atoms with E-state index in [0.717, 1.165) is 16.5 Å². The number of H-pyrrole nitrogens is 1. The van der Waals surface area contributed by atoms with Crippen molar-refractivity contribution in [1.29, 1.82) is 0 Å². The summed E-state index contributed by atoms with van der Waals surface area (Å²) in [7, 11) is 0. The molecule has 0 amide bonds. The first-order valence-electron chi connectivity index (χ1n) is 7.68. The van der Waals surface area contributed by atoms with Crippen LogP contribution in [0.4, 0.5) is 0 Å². The van der Waals surface area contributed by atoms with Crippen LogP contribution in [0.5, 0.6) is 0 Å². The highest BCUT2D eigenvalue weighted by molar-refractivity contribution is 7.71. The van der Waals surface area contributed by atoms with E-state index in [-0.39, 0.29) is 0 Å². The Morgan fingerprint density at radius 3 is 2.60 bits per heavy atom. The van der Waals surface area contributed by atoms with Crippen molar-refractivity contribution in [2.75, 3.05) is 0 Å². The van der Waals surface area contributed by atoms with Crippen LogP contribution in [0, 0.1) is 4.77 Å². The van der Waals surface area contributed by atoms with Gasteiger partial charge in [-0.2, -0.15) is 14.9 Å². The topological polar surface area (TPSA) is 46.0 Å². The number of nitrogens with zero attached hydrogens (tertiary/aromatic N) is 3. The molecule has 0 aliphatic carbocycles. The van der Waals surface area contributed by atoms with Crippen molar-refractivity contribution in [2.45, 2.75) is 0 Å². The Morgan fingerprint density at radius 1 is 1.00 bits per heavy atom. The van der Waals surface area contributed by atoms with Crippen LogP contribution in [-0.2, 0) is 0 Å². The summed E-state index contributed by atoms with van der Waals surface area (Å²) >= 11 is 11.3. The predicted molar refractivity (Wildman–Crippen MR) is 105 cm³/mol. The Kier molecular flexibility index (Phi) is 4.17. The van der Waals surface area contributed by atoms with E-state index in [9.17, 15) is 0 Å². The summed E-state index contributed by atoms with van der Waals surface area (Å²) in [6.07, 6.45) is 1.80. The van der Waals surface area contributed by atoms with Gasteiger partial charge in [-0.05, 0) is 47.3 Å². The van der Waals surface area contributed by atoms with Gasteiger partial charge in [0.1, 0.15) is 0 Å². The first-order valence-corrected chi connectivity index (χ1v) is 8.46. The zero-order valence-electron chi connectivity index (χ0n) is 13.1. The number of nitrogens with one attached hydrogen (secondary N) is 1. The first-order chi connectivity index (χ1) is 12.2. The summed E-state index contributed by atoms with van der Waals surface area (Å²) < 4.78 is 2.04. The van der Waals surface area contributed by atoms with E-state index >= 15 is 0 Å². The highest BCUT2D eigenvalue weighted by Crippen LogP contribution is 2.21. The molecule has 3 aromatic carbocycles. The van der Waals surface area contributed by atoms with Gasteiger partial charge >= 0.3 is 0 Å². The molecule has 0 radical (unpaired) electrons. The number of halogens is 1. The minimum absolute atomic E-state index is 0.432. The Labute approximate surface area is 154 Å². The van der Waals surface area contributed by atoms with E-state index < -0.39 is 0 Å². The molecule has 6 heteroatoms. The molecule has 0 aliphatic heterocycles. The SMILES string of the molecule is S=c1[nH]nc(-c2ccc(Cl)cc2)n1/N=C\c1cccc2ccccc12. The lowest BCUT2D eigenvalue weighted by atomic mass is 10.1. The summed E-state index contributed by atoms with van der Waals surface area (Å²) in [5, 5.41) is 14.6. The molecule has 0 fully saturated rings. The minimum atomic E-state index is 0.432. The Morgan fingerprint density at radius 2 is 1.76 bits per heavy atom. The van der Waals surface area contributed by atoms with Crippen LogP contribution in [0.15, 0.2) is 71.8 Å². The summed E-state index contributed by atoms with van der Waals surface area (Å²) in [6.45, 7) is 0. The monoisotopic (exact) mass is 364 g/mol. The number of fused-ring (bicyclic) bond motifs is 1. The fourth-order valence-electron chi connectivity index (χ4n) is 2.67. The highest BCUT2D eigenvalue weighted by Gasteiger charge is 2.08. The molecular weight excluding hydrogens is 352 g/mol. The van der Waals surface area contributed by atoms with Crippen molar-refractivity contribution in [3.63, 3.8) is 0 Å². The zero-order chi connectivity index (χ0) is 17.2. The second kappa shape index (κ2) is 6.63. The normalized spacial score (nSPS) is 11.4. The van der Waals surface area contributed by atoms with Crippen LogP contribution in [0.1, 0.15) is 5.56 Å².